The summed E-state index contributed by atoms with van der Waals surface area (Å²) in [6.45, 7) is 7.84. The second-order valence-electron chi connectivity index (χ2n) is 6.52. The molecule has 0 radical (unpaired) electrons. The highest BCUT2D eigenvalue weighted by atomic mass is 79.9. The summed E-state index contributed by atoms with van der Waals surface area (Å²) in [6.07, 6.45) is 3.90. The Labute approximate surface area is 132 Å². The first-order valence-corrected chi connectivity index (χ1v) is 8.51. The van der Waals surface area contributed by atoms with Crippen molar-refractivity contribution in [3.63, 3.8) is 0 Å². The van der Waals surface area contributed by atoms with Gasteiger partial charge in [-0.3, -0.25) is 0 Å². The summed E-state index contributed by atoms with van der Waals surface area (Å²) >= 11 is 3.72. The van der Waals surface area contributed by atoms with Crippen molar-refractivity contribution in [3.05, 3.63) is 28.2 Å². The van der Waals surface area contributed by atoms with Gasteiger partial charge in [-0.1, -0.05) is 35.8 Å². The fourth-order valence-corrected chi connectivity index (χ4v) is 3.04. The van der Waals surface area contributed by atoms with E-state index < -0.39 is 0 Å². The molecule has 1 aliphatic rings. The first kappa shape index (κ1) is 15.8. The predicted octanol–water partition coefficient (Wildman–Crippen LogP) is 4.57. The van der Waals surface area contributed by atoms with Crippen LogP contribution >= 0.6 is 15.9 Å². The molecule has 1 N–H and O–H groups in total. The molecular weight excluding hydrogens is 312 g/mol. The maximum absolute atomic E-state index is 3.72. The van der Waals surface area contributed by atoms with Gasteiger partial charge in [0.2, 0.25) is 0 Å². The zero-order valence-electron chi connectivity index (χ0n) is 13.1. The Bertz CT molecular complexity index is 441. The largest absolute Gasteiger partial charge is 0.372 e. The second-order valence-corrected chi connectivity index (χ2v) is 7.37. The fourth-order valence-electron chi connectivity index (χ4n) is 2.54. The molecular formula is C17H27BrN2. The summed E-state index contributed by atoms with van der Waals surface area (Å²) in [5, 5.41) is 3.57. The molecule has 2 nitrogen and oxygen atoms in total. The molecule has 0 bridgehead atoms. The van der Waals surface area contributed by atoms with Crippen LogP contribution in [0.3, 0.4) is 0 Å². The molecule has 1 unspecified atom stereocenters. The summed E-state index contributed by atoms with van der Waals surface area (Å²) in [7, 11) is 2.19. The molecule has 1 fully saturated rings. The lowest BCUT2D eigenvalue weighted by atomic mass is 10.0. The van der Waals surface area contributed by atoms with E-state index in [0.29, 0.717) is 6.04 Å². The number of benzene rings is 1. The molecule has 1 aromatic rings. The lowest BCUT2D eigenvalue weighted by molar-refractivity contribution is 0.504. The van der Waals surface area contributed by atoms with Gasteiger partial charge in [-0.15, -0.1) is 0 Å². The van der Waals surface area contributed by atoms with Crippen molar-refractivity contribution >= 4 is 21.6 Å². The lowest BCUT2D eigenvalue weighted by Gasteiger charge is -2.29. The number of hydrogen-bond acceptors (Lipinski definition) is 2. The van der Waals surface area contributed by atoms with E-state index in [4.69, 9.17) is 0 Å². The number of nitrogens with one attached hydrogen (secondary N) is 1. The average molecular weight is 339 g/mol. The van der Waals surface area contributed by atoms with Crippen LogP contribution in [0.4, 0.5) is 5.69 Å². The first-order valence-electron chi connectivity index (χ1n) is 7.72. The molecule has 0 amide bonds. The molecule has 0 heterocycles. The molecule has 0 aromatic heterocycles. The quantitative estimate of drug-likeness (QED) is 0.783. The van der Waals surface area contributed by atoms with E-state index in [1.807, 2.05) is 0 Å². The molecule has 3 heteroatoms. The normalized spacial score (nSPS) is 16.5. The van der Waals surface area contributed by atoms with Gasteiger partial charge < -0.3 is 10.2 Å². The van der Waals surface area contributed by atoms with Crippen molar-refractivity contribution in [2.24, 2.45) is 5.92 Å². The lowest BCUT2D eigenvalue weighted by Crippen LogP contribution is -2.30. The van der Waals surface area contributed by atoms with Gasteiger partial charge in [0.15, 0.2) is 0 Å². The third-order valence-corrected chi connectivity index (χ3v) is 4.81. The molecule has 20 heavy (non-hydrogen) atoms. The Morgan fingerprint density at radius 3 is 2.55 bits per heavy atom. The Morgan fingerprint density at radius 1 is 1.30 bits per heavy atom. The van der Waals surface area contributed by atoms with Crippen molar-refractivity contribution in [2.45, 2.75) is 58.7 Å². The highest BCUT2D eigenvalue weighted by Gasteiger charge is 2.20. The SMILES string of the molecule is CC(C)CC(C)N(C)c1ccc(CNC2CC2)c(Br)c1. The van der Waals surface area contributed by atoms with Crippen molar-refractivity contribution in [3.8, 4) is 0 Å². The van der Waals surface area contributed by atoms with Gasteiger partial charge in [-0.05, 0) is 49.8 Å². The van der Waals surface area contributed by atoms with E-state index in [-0.39, 0.29) is 0 Å². The number of halogens is 1. The van der Waals surface area contributed by atoms with Crippen molar-refractivity contribution in [1.29, 1.82) is 0 Å². The molecule has 0 spiro atoms. The van der Waals surface area contributed by atoms with E-state index in [2.05, 4.69) is 72.2 Å². The van der Waals surface area contributed by atoms with Crippen molar-refractivity contribution in [2.75, 3.05) is 11.9 Å². The smallest absolute Gasteiger partial charge is 0.0377 e. The van der Waals surface area contributed by atoms with Crippen LogP contribution in [0, 0.1) is 5.92 Å². The van der Waals surface area contributed by atoms with Gasteiger partial charge in [-0.2, -0.15) is 0 Å². The van der Waals surface area contributed by atoms with E-state index in [0.717, 1.165) is 18.5 Å². The predicted molar refractivity (Wildman–Crippen MR) is 91.3 cm³/mol. The van der Waals surface area contributed by atoms with Crippen LogP contribution < -0.4 is 10.2 Å². The standard InChI is InChI=1S/C17H27BrN2/c1-12(2)9-13(3)20(4)16-8-5-14(17(18)10-16)11-19-15-6-7-15/h5,8,10,12-13,15,19H,6-7,9,11H2,1-4H3. The van der Waals surface area contributed by atoms with E-state index >= 15 is 0 Å². The molecule has 1 saturated carbocycles. The van der Waals surface area contributed by atoms with Gasteiger partial charge in [0, 0.05) is 35.8 Å². The second kappa shape index (κ2) is 6.95. The minimum atomic E-state index is 0.567. The molecule has 1 atom stereocenters. The van der Waals surface area contributed by atoms with Gasteiger partial charge in [-0.25, -0.2) is 0 Å². The molecule has 1 aromatic carbocycles. The summed E-state index contributed by atoms with van der Waals surface area (Å²) in [5.74, 6) is 0.734. The maximum Gasteiger partial charge on any atom is 0.0377 e. The van der Waals surface area contributed by atoms with E-state index in [1.165, 1.54) is 35.0 Å². The van der Waals surface area contributed by atoms with E-state index in [1.54, 1.807) is 0 Å². The van der Waals surface area contributed by atoms with Crippen LogP contribution in [-0.4, -0.2) is 19.1 Å². The van der Waals surface area contributed by atoms with Gasteiger partial charge in [0.25, 0.3) is 0 Å². The molecule has 0 aliphatic heterocycles. The monoisotopic (exact) mass is 338 g/mol. The summed E-state index contributed by atoms with van der Waals surface area (Å²) in [6, 6.07) is 8.06. The molecule has 0 saturated heterocycles. The van der Waals surface area contributed by atoms with Crippen LogP contribution in [0.2, 0.25) is 0 Å². The first-order chi connectivity index (χ1) is 9.47. The molecule has 112 valence electrons. The van der Waals surface area contributed by atoms with Gasteiger partial charge in [0.1, 0.15) is 0 Å². The highest BCUT2D eigenvalue weighted by Crippen LogP contribution is 2.27. The third-order valence-electron chi connectivity index (χ3n) is 4.08. The number of nitrogens with zero attached hydrogens (tertiary/aromatic N) is 1. The Kier molecular flexibility index (Phi) is 5.50. The Morgan fingerprint density at radius 2 is 2.00 bits per heavy atom. The topological polar surface area (TPSA) is 15.3 Å². The number of rotatable bonds is 7. The Balaban J connectivity index is 1.99. The molecule has 2 rings (SSSR count). The average Bonchev–Trinajstić information content (AvgIpc) is 3.19. The van der Waals surface area contributed by atoms with Crippen LogP contribution in [0.1, 0.15) is 45.6 Å². The van der Waals surface area contributed by atoms with Crippen LogP contribution in [0.15, 0.2) is 22.7 Å². The number of hydrogen-bond donors (Lipinski definition) is 1. The summed E-state index contributed by atoms with van der Waals surface area (Å²) in [5.41, 5.74) is 2.64. The third kappa shape index (κ3) is 4.49. The Hall–Kier alpha value is -0.540. The van der Waals surface area contributed by atoms with Crippen molar-refractivity contribution in [1.82, 2.24) is 5.32 Å². The van der Waals surface area contributed by atoms with Gasteiger partial charge in [0.05, 0.1) is 0 Å². The highest BCUT2D eigenvalue weighted by molar-refractivity contribution is 9.10. The maximum atomic E-state index is 3.72. The zero-order chi connectivity index (χ0) is 14.7. The fraction of sp³-hybridized carbons (Fsp3) is 0.647. The zero-order valence-corrected chi connectivity index (χ0v) is 14.7. The minimum Gasteiger partial charge on any atom is -0.372 e. The molecule has 1 aliphatic carbocycles. The van der Waals surface area contributed by atoms with E-state index in [9.17, 15) is 0 Å². The minimum absolute atomic E-state index is 0.567. The van der Waals surface area contributed by atoms with Crippen LogP contribution in [0.25, 0.3) is 0 Å². The summed E-state index contributed by atoms with van der Waals surface area (Å²) < 4.78 is 1.21. The number of anilines is 1. The van der Waals surface area contributed by atoms with Gasteiger partial charge >= 0.3 is 0 Å². The summed E-state index contributed by atoms with van der Waals surface area (Å²) in [4.78, 5) is 2.38. The van der Waals surface area contributed by atoms with Crippen molar-refractivity contribution < 1.29 is 0 Å². The van der Waals surface area contributed by atoms with Crippen LogP contribution in [-0.2, 0) is 6.54 Å². The van der Waals surface area contributed by atoms with Crippen LogP contribution in [0.5, 0.6) is 0 Å².